The summed E-state index contributed by atoms with van der Waals surface area (Å²) in [5, 5.41) is 4.34. The molecule has 0 aliphatic heterocycles. The molecule has 0 aliphatic carbocycles. The fourth-order valence-corrected chi connectivity index (χ4v) is 2.26. The molecule has 1 aromatic carbocycles. The van der Waals surface area contributed by atoms with E-state index in [-0.39, 0.29) is 5.82 Å². The number of nitrogens with zero attached hydrogens (tertiary/aromatic N) is 2. The molecule has 4 heteroatoms. The maximum Gasteiger partial charge on any atom is 0.123 e. The average molecular weight is 267 g/mol. The van der Waals surface area contributed by atoms with Crippen LogP contribution in [0.1, 0.15) is 30.2 Å². The molecule has 2 rings (SSSR count). The molecular weight excluding hydrogens is 251 g/mol. The second kappa shape index (κ2) is 6.01. The molecule has 96 valence electrons. The van der Waals surface area contributed by atoms with Crippen LogP contribution in [0, 0.1) is 5.82 Å². The van der Waals surface area contributed by atoms with Gasteiger partial charge < -0.3 is 0 Å². The minimum atomic E-state index is -0.214. The van der Waals surface area contributed by atoms with E-state index < -0.39 is 0 Å². The molecule has 2 aromatic rings. The molecule has 0 saturated carbocycles. The Bertz CT molecular complexity index is 522. The number of alkyl halides is 1. The van der Waals surface area contributed by atoms with E-state index in [2.05, 4.69) is 12.0 Å². The van der Waals surface area contributed by atoms with E-state index in [1.165, 1.54) is 12.1 Å². The number of hydrogen-bond donors (Lipinski definition) is 0. The first-order chi connectivity index (χ1) is 8.74. The fourth-order valence-electron chi connectivity index (χ4n) is 2.03. The fraction of sp³-hybridized carbons (Fsp3) is 0.357. The van der Waals surface area contributed by atoms with E-state index in [0.717, 1.165) is 29.7 Å². The van der Waals surface area contributed by atoms with Gasteiger partial charge in [0.1, 0.15) is 5.82 Å². The van der Waals surface area contributed by atoms with Gasteiger partial charge in [0.25, 0.3) is 0 Å². The Morgan fingerprint density at radius 3 is 2.89 bits per heavy atom. The molecule has 2 nitrogen and oxygen atoms in total. The summed E-state index contributed by atoms with van der Waals surface area (Å²) in [5.74, 6) is 0.257. The van der Waals surface area contributed by atoms with Crippen molar-refractivity contribution in [2.45, 2.75) is 32.2 Å². The quantitative estimate of drug-likeness (QED) is 0.754. The Labute approximate surface area is 111 Å². The van der Waals surface area contributed by atoms with Gasteiger partial charge in [-0.25, -0.2) is 4.39 Å². The number of rotatable bonds is 5. The lowest BCUT2D eigenvalue weighted by molar-refractivity contribution is 0.610. The van der Waals surface area contributed by atoms with Crippen molar-refractivity contribution in [3.63, 3.8) is 0 Å². The van der Waals surface area contributed by atoms with E-state index in [1.807, 2.05) is 10.7 Å². The van der Waals surface area contributed by atoms with Gasteiger partial charge in [-0.2, -0.15) is 5.10 Å². The van der Waals surface area contributed by atoms with Crippen molar-refractivity contribution in [2.24, 2.45) is 0 Å². The number of halogens is 2. The van der Waals surface area contributed by atoms with Gasteiger partial charge in [0, 0.05) is 11.3 Å². The largest absolute Gasteiger partial charge is 0.265 e. The number of benzene rings is 1. The van der Waals surface area contributed by atoms with E-state index >= 15 is 0 Å². The monoisotopic (exact) mass is 266 g/mol. The highest BCUT2D eigenvalue weighted by molar-refractivity contribution is 6.17. The smallest absolute Gasteiger partial charge is 0.123 e. The Balaban J connectivity index is 2.25. The Hall–Kier alpha value is -1.35. The first-order valence-electron chi connectivity index (χ1n) is 6.08. The molecule has 1 aromatic heterocycles. The third kappa shape index (κ3) is 2.91. The third-order valence-electron chi connectivity index (χ3n) is 2.89. The summed E-state index contributed by atoms with van der Waals surface area (Å²) in [7, 11) is 0. The number of aromatic nitrogens is 2. The summed E-state index contributed by atoms with van der Waals surface area (Å²) in [4.78, 5) is 0. The summed E-state index contributed by atoms with van der Waals surface area (Å²) in [6, 6.07) is 6.61. The molecule has 0 unspecified atom stereocenters. The molecule has 0 saturated heterocycles. The van der Waals surface area contributed by atoms with Crippen LogP contribution in [0.4, 0.5) is 4.39 Å². The van der Waals surface area contributed by atoms with Crippen LogP contribution in [0.25, 0.3) is 0 Å². The van der Waals surface area contributed by atoms with Gasteiger partial charge >= 0.3 is 0 Å². The molecule has 0 bridgehead atoms. The van der Waals surface area contributed by atoms with Crippen LogP contribution in [-0.2, 0) is 18.8 Å². The standard InChI is InChI=1S/C14H16ClFN2/c1-2-4-14-12(8-15)9-17-18(14)10-11-5-3-6-13(16)7-11/h3,5-7,9H,2,4,8,10H2,1H3. The van der Waals surface area contributed by atoms with Crippen LogP contribution < -0.4 is 0 Å². The zero-order valence-corrected chi connectivity index (χ0v) is 11.1. The van der Waals surface area contributed by atoms with Gasteiger partial charge in [0.05, 0.1) is 18.6 Å². The zero-order valence-electron chi connectivity index (χ0n) is 10.4. The predicted molar refractivity (Wildman–Crippen MR) is 71.3 cm³/mol. The van der Waals surface area contributed by atoms with Crippen LogP contribution in [0.2, 0.25) is 0 Å². The maximum absolute atomic E-state index is 13.1. The van der Waals surface area contributed by atoms with Crippen LogP contribution in [0.15, 0.2) is 30.5 Å². The molecule has 0 radical (unpaired) electrons. The lowest BCUT2D eigenvalue weighted by Crippen LogP contribution is -2.07. The molecule has 18 heavy (non-hydrogen) atoms. The molecule has 0 amide bonds. The second-order valence-electron chi connectivity index (χ2n) is 4.29. The van der Waals surface area contributed by atoms with Gasteiger partial charge in [0.2, 0.25) is 0 Å². The highest BCUT2D eigenvalue weighted by Gasteiger charge is 2.09. The van der Waals surface area contributed by atoms with Crippen LogP contribution in [0.5, 0.6) is 0 Å². The Morgan fingerprint density at radius 1 is 1.39 bits per heavy atom. The highest BCUT2D eigenvalue weighted by atomic mass is 35.5. The third-order valence-corrected chi connectivity index (χ3v) is 3.18. The van der Waals surface area contributed by atoms with Crippen molar-refractivity contribution in [1.29, 1.82) is 0 Å². The summed E-state index contributed by atoms with van der Waals surface area (Å²) < 4.78 is 15.1. The first kappa shape index (κ1) is 13.1. The highest BCUT2D eigenvalue weighted by Crippen LogP contribution is 2.15. The molecule has 0 spiro atoms. The number of hydrogen-bond acceptors (Lipinski definition) is 1. The SMILES string of the molecule is CCCc1c(CCl)cnn1Cc1cccc(F)c1. The summed E-state index contributed by atoms with van der Waals surface area (Å²) >= 11 is 5.90. The molecule has 0 aliphatic rings. The Kier molecular flexibility index (Phi) is 4.37. The molecule has 0 fully saturated rings. The summed E-state index contributed by atoms with van der Waals surface area (Å²) in [6.45, 7) is 2.71. The van der Waals surface area contributed by atoms with Crippen molar-refractivity contribution >= 4 is 11.6 Å². The minimum Gasteiger partial charge on any atom is -0.265 e. The normalized spacial score (nSPS) is 10.8. The average Bonchev–Trinajstić information content (AvgIpc) is 2.72. The molecule has 0 atom stereocenters. The zero-order chi connectivity index (χ0) is 13.0. The Morgan fingerprint density at radius 2 is 2.22 bits per heavy atom. The topological polar surface area (TPSA) is 17.8 Å². The molecule has 1 heterocycles. The second-order valence-corrected chi connectivity index (χ2v) is 4.55. The van der Waals surface area contributed by atoms with Gasteiger partial charge in [0.15, 0.2) is 0 Å². The van der Waals surface area contributed by atoms with E-state index in [9.17, 15) is 4.39 Å². The molecule has 0 N–H and O–H groups in total. The first-order valence-corrected chi connectivity index (χ1v) is 6.62. The summed E-state index contributed by atoms with van der Waals surface area (Å²) in [6.07, 6.45) is 3.79. The van der Waals surface area contributed by atoms with Crippen LogP contribution in [0.3, 0.4) is 0 Å². The van der Waals surface area contributed by atoms with Crippen molar-refractivity contribution in [3.05, 3.63) is 53.1 Å². The van der Waals surface area contributed by atoms with Gasteiger partial charge in [-0.1, -0.05) is 25.5 Å². The van der Waals surface area contributed by atoms with Gasteiger partial charge in [-0.3, -0.25) is 4.68 Å². The van der Waals surface area contributed by atoms with E-state index in [0.29, 0.717) is 12.4 Å². The van der Waals surface area contributed by atoms with Crippen molar-refractivity contribution in [1.82, 2.24) is 9.78 Å². The lowest BCUT2D eigenvalue weighted by atomic mass is 10.1. The van der Waals surface area contributed by atoms with Gasteiger partial charge in [-0.15, -0.1) is 11.6 Å². The van der Waals surface area contributed by atoms with E-state index in [4.69, 9.17) is 11.6 Å². The summed E-state index contributed by atoms with van der Waals surface area (Å²) in [5.41, 5.74) is 3.13. The van der Waals surface area contributed by atoms with Crippen molar-refractivity contribution in [2.75, 3.05) is 0 Å². The van der Waals surface area contributed by atoms with Crippen molar-refractivity contribution in [3.8, 4) is 0 Å². The van der Waals surface area contributed by atoms with Crippen LogP contribution >= 0.6 is 11.6 Å². The molecular formula is C14H16ClFN2. The maximum atomic E-state index is 13.1. The lowest BCUT2D eigenvalue weighted by Gasteiger charge is -2.08. The predicted octanol–water partition coefficient (Wildman–Crippen LogP) is 3.76. The van der Waals surface area contributed by atoms with Gasteiger partial charge in [-0.05, 0) is 24.1 Å². The van der Waals surface area contributed by atoms with Crippen LogP contribution in [-0.4, -0.2) is 9.78 Å². The minimum absolute atomic E-state index is 0.214. The van der Waals surface area contributed by atoms with Crippen molar-refractivity contribution < 1.29 is 4.39 Å². The van der Waals surface area contributed by atoms with E-state index in [1.54, 1.807) is 12.3 Å².